The van der Waals surface area contributed by atoms with Crippen molar-refractivity contribution in [3.63, 3.8) is 0 Å². The molecule has 0 rings (SSSR count). The van der Waals surface area contributed by atoms with E-state index in [-0.39, 0.29) is 6.61 Å². The van der Waals surface area contributed by atoms with Crippen molar-refractivity contribution < 1.29 is 5.11 Å². The van der Waals surface area contributed by atoms with Crippen molar-refractivity contribution in [2.45, 2.75) is 0 Å². The van der Waals surface area contributed by atoms with E-state index in [0.717, 1.165) is 0 Å². The number of hydrazine groups is 1. The number of halogens is 1. The van der Waals surface area contributed by atoms with Crippen LogP contribution < -0.4 is 11.7 Å². The van der Waals surface area contributed by atoms with Gasteiger partial charge in [0.05, 0.1) is 6.61 Å². The normalized spacial score (nSPS) is 6.00. The zero-order chi connectivity index (χ0) is 5.41. The largest absolute Gasteiger partial charge is 0.395 e. The van der Waals surface area contributed by atoms with Gasteiger partial charge in [-0.05, 0) is 0 Å². The molecule has 3 nitrogen and oxygen atoms in total. The van der Waals surface area contributed by atoms with Crippen LogP contribution in [0.4, 0.5) is 0 Å². The Balaban J connectivity index is 0. The van der Waals surface area contributed by atoms with Crippen LogP contribution in [-0.4, -0.2) is 17.6 Å². The van der Waals surface area contributed by atoms with E-state index in [2.05, 4.69) is 11.7 Å². The van der Waals surface area contributed by atoms with Crippen molar-refractivity contribution in [1.82, 2.24) is 0 Å². The monoisotopic (exact) mass is 112 g/mol. The van der Waals surface area contributed by atoms with Crippen LogP contribution in [-0.2, 0) is 0 Å². The minimum Gasteiger partial charge on any atom is -0.395 e. The Morgan fingerprint density at radius 3 is 1.67 bits per heavy atom. The molecule has 0 saturated carbocycles. The van der Waals surface area contributed by atoms with E-state index in [1.54, 1.807) is 0 Å². The van der Waals surface area contributed by atoms with Crippen molar-refractivity contribution in [2.24, 2.45) is 11.7 Å². The van der Waals surface area contributed by atoms with Gasteiger partial charge < -0.3 is 5.11 Å². The zero-order valence-corrected chi connectivity index (χ0v) is 4.15. The smallest absolute Gasteiger partial charge is 0.0566 e. The minimum absolute atomic E-state index is 0.0849. The molecule has 40 valence electrons. The minimum atomic E-state index is 0.0849. The molecule has 0 heterocycles. The Hall–Kier alpha value is 0.170. The first-order valence-corrected chi connectivity index (χ1v) is 1.95. The molecule has 0 aliphatic rings. The van der Waals surface area contributed by atoms with Gasteiger partial charge in [-0.25, -0.2) is 0 Å². The molecule has 0 aromatic carbocycles. The summed E-state index contributed by atoms with van der Waals surface area (Å²) in [6.45, 7) is 0.0849. The summed E-state index contributed by atoms with van der Waals surface area (Å²) in [5, 5.41) is 7.74. The molecule has 0 unspecified atom stereocenters. The topological polar surface area (TPSA) is 72.3 Å². The van der Waals surface area contributed by atoms with Gasteiger partial charge >= 0.3 is 0 Å². The van der Waals surface area contributed by atoms with Gasteiger partial charge in [-0.1, -0.05) is 0 Å². The van der Waals surface area contributed by atoms with Crippen LogP contribution in [0.1, 0.15) is 0 Å². The Labute approximate surface area is 41.9 Å². The van der Waals surface area contributed by atoms with Gasteiger partial charge in [0.15, 0.2) is 0 Å². The fourth-order valence-corrected chi connectivity index (χ4v) is 0. The van der Waals surface area contributed by atoms with Gasteiger partial charge in [-0.15, -0.1) is 11.6 Å². The van der Waals surface area contributed by atoms with E-state index in [0.29, 0.717) is 5.88 Å². The maximum atomic E-state index is 7.74. The highest BCUT2D eigenvalue weighted by molar-refractivity contribution is 6.17. The van der Waals surface area contributed by atoms with Crippen LogP contribution >= 0.6 is 11.6 Å². The highest BCUT2D eigenvalue weighted by Crippen LogP contribution is 1.63. The second-order valence-electron chi connectivity index (χ2n) is 0.413. The van der Waals surface area contributed by atoms with E-state index in [9.17, 15) is 0 Å². The van der Waals surface area contributed by atoms with Gasteiger partial charge in [0, 0.05) is 5.88 Å². The van der Waals surface area contributed by atoms with E-state index >= 15 is 0 Å². The van der Waals surface area contributed by atoms with Crippen LogP contribution in [0.3, 0.4) is 0 Å². The number of alkyl halides is 1. The van der Waals surface area contributed by atoms with Crippen molar-refractivity contribution in [3.05, 3.63) is 0 Å². The first-order chi connectivity index (χ1) is 2.91. The summed E-state index contributed by atoms with van der Waals surface area (Å²) in [6.07, 6.45) is 0. The molecule has 4 heteroatoms. The highest BCUT2D eigenvalue weighted by atomic mass is 35.5. The second-order valence-corrected chi connectivity index (χ2v) is 0.791. The fourth-order valence-electron chi connectivity index (χ4n) is 0. The molecule has 0 atom stereocenters. The lowest BCUT2D eigenvalue weighted by Gasteiger charge is -1.67. The summed E-state index contributed by atoms with van der Waals surface area (Å²) in [5.41, 5.74) is 0. The summed E-state index contributed by atoms with van der Waals surface area (Å²) < 4.78 is 0. The SMILES string of the molecule is NN.OCCCl. The van der Waals surface area contributed by atoms with E-state index in [1.807, 2.05) is 0 Å². The molecular weight excluding hydrogens is 103 g/mol. The Kier molecular flexibility index (Phi) is 30.2. The molecule has 0 amide bonds. The maximum absolute atomic E-state index is 7.74. The number of hydrogen-bond donors (Lipinski definition) is 3. The van der Waals surface area contributed by atoms with Crippen LogP contribution in [0.15, 0.2) is 0 Å². The van der Waals surface area contributed by atoms with E-state index in [1.165, 1.54) is 0 Å². The third-order valence-corrected chi connectivity index (χ3v) is 0.254. The van der Waals surface area contributed by atoms with Crippen molar-refractivity contribution in [1.29, 1.82) is 0 Å². The van der Waals surface area contributed by atoms with Crippen LogP contribution in [0.5, 0.6) is 0 Å². The highest BCUT2D eigenvalue weighted by Gasteiger charge is 1.60. The summed E-state index contributed by atoms with van der Waals surface area (Å²) in [4.78, 5) is 0. The molecule has 0 aromatic rings. The van der Waals surface area contributed by atoms with Crippen molar-refractivity contribution in [3.8, 4) is 0 Å². The Morgan fingerprint density at radius 1 is 1.50 bits per heavy atom. The molecule has 5 N–H and O–H groups in total. The predicted molar refractivity (Wildman–Crippen MR) is 26.2 cm³/mol. The molecule has 0 spiro atoms. The predicted octanol–water partition coefficient (Wildman–Crippen LogP) is -0.964. The molecular formula is C2H9ClN2O. The summed E-state index contributed by atoms with van der Waals surface area (Å²) in [5.74, 6) is 8.35. The summed E-state index contributed by atoms with van der Waals surface area (Å²) in [6, 6.07) is 0. The lowest BCUT2D eigenvalue weighted by atomic mass is 10.9. The standard InChI is InChI=1S/C2H5ClO.H4N2/c3-1-2-4;1-2/h4H,1-2H2;1-2H2. The van der Waals surface area contributed by atoms with Gasteiger partial charge in [0.25, 0.3) is 0 Å². The average molecular weight is 113 g/mol. The quantitative estimate of drug-likeness (QED) is 0.232. The van der Waals surface area contributed by atoms with Crippen molar-refractivity contribution >= 4 is 11.6 Å². The maximum Gasteiger partial charge on any atom is 0.0566 e. The fraction of sp³-hybridized carbons (Fsp3) is 1.00. The first-order valence-electron chi connectivity index (χ1n) is 1.42. The molecule has 0 aliphatic carbocycles. The van der Waals surface area contributed by atoms with Crippen molar-refractivity contribution in [2.75, 3.05) is 12.5 Å². The van der Waals surface area contributed by atoms with Gasteiger partial charge in [0.1, 0.15) is 0 Å². The molecule has 6 heavy (non-hydrogen) atoms. The molecule has 0 aliphatic heterocycles. The number of aliphatic hydroxyl groups is 1. The second kappa shape index (κ2) is 19.1. The Bertz CT molecular complexity index is 13.5. The lowest BCUT2D eigenvalue weighted by molar-refractivity contribution is 0.321. The van der Waals surface area contributed by atoms with E-state index < -0.39 is 0 Å². The molecule has 0 aromatic heterocycles. The van der Waals surface area contributed by atoms with Gasteiger partial charge in [-0.3, -0.25) is 11.7 Å². The molecule has 0 saturated heterocycles. The van der Waals surface area contributed by atoms with Crippen LogP contribution in [0.25, 0.3) is 0 Å². The third kappa shape index (κ3) is 30.6. The van der Waals surface area contributed by atoms with Gasteiger partial charge in [0.2, 0.25) is 0 Å². The van der Waals surface area contributed by atoms with Gasteiger partial charge in [-0.2, -0.15) is 0 Å². The van der Waals surface area contributed by atoms with Crippen LogP contribution in [0, 0.1) is 0 Å². The number of rotatable bonds is 1. The first kappa shape index (κ1) is 9.48. The molecule has 0 fully saturated rings. The third-order valence-electron chi connectivity index (χ3n) is 0.0845. The zero-order valence-electron chi connectivity index (χ0n) is 3.39. The average Bonchev–Trinajstić information content (AvgIpc) is 1.72. The molecule has 0 radical (unpaired) electrons. The van der Waals surface area contributed by atoms with Crippen LogP contribution in [0.2, 0.25) is 0 Å². The number of aliphatic hydroxyl groups excluding tert-OH is 1. The lowest BCUT2D eigenvalue weighted by Crippen LogP contribution is -2.02. The molecule has 0 bridgehead atoms. The number of nitrogens with two attached hydrogens (primary N) is 2. The summed E-state index contributed by atoms with van der Waals surface area (Å²) in [7, 11) is 0. The van der Waals surface area contributed by atoms with E-state index in [4.69, 9.17) is 16.7 Å². The number of hydrogen-bond acceptors (Lipinski definition) is 3. The summed E-state index contributed by atoms with van der Waals surface area (Å²) >= 11 is 4.94. The Morgan fingerprint density at radius 2 is 1.67 bits per heavy atom.